The Labute approximate surface area is 127 Å². The molecule has 1 heterocycles. The van der Waals surface area contributed by atoms with E-state index in [9.17, 15) is 18.0 Å². The van der Waals surface area contributed by atoms with Gasteiger partial charge in [-0.2, -0.15) is 8.42 Å². The van der Waals surface area contributed by atoms with Crippen LogP contribution in [0.4, 0.5) is 15.5 Å². The number of hydrogen-bond acceptors (Lipinski definition) is 7. The molecule has 1 aromatic carbocycles. The first-order chi connectivity index (χ1) is 10.3. The van der Waals surface area contributed by atoms with E-state index in [1.165, 1.54) is 12.1 Å². The number of aromatic carboxylic acids is 1. The largest absolute Gasteiger partial charge is 0.476 e. The molecule has 10 nitrogen and oxygen atoms in total. The molecule has 0 unspecified atom stereocenters. The van der Waals surface area contributed by atoms with Crippen LogP contribution in [0, 0.1) is 0 Å². The summed E-state index contributed by atoms with van der Waals surface area (Å²) in [5.74, 6) is -1.33. The third-order valence-electron chi connectivity index (χ3n) is 2.33. The number of carboxylic acids is 1. The van der Waals surface area contributed by atoms with Gasteiger partial charge in [0.25, 0.3) is 10.1 Å². The lowest BCUT2D eigenvalue weighted by atomic mass is 10.3. The SMILES string of the molecule is O=C(Nc1ccc(S(=O)(=O)O)cc1)Nc1snnc1C(=O)O. The molecule has 1 aromatic heterocycles. The summed E-state index contributed by atoms with van der Waals surface area (Å²) in [6.45, 7) is 0. The van der Waals surface area contributed by atoms with E-state index in [0.29, 0.717) is 11.5 Å². The zero-order valence-corrected chi connectivity index (χ0v) is 12.2. The van der Waals surface area contributed by atoms with Crippen molar-refractivity contribution < 1.29 is 27.7 Å². The number of aromatic nitrogens is 2. The van der Waals surface area contributed by atoms with Gasteiger partial charge < -0.3 is 10.4 Å². The summed E-state index contributed by atoms with van der Waals surface area (Å²) in [5.41, 5.74) is -0.152. The quantitative estimate of drug-likeness (QED) is 0.601. The molecule has 0 saturated heterocycles. The molecule has 22 heavy (non-hydrogen) atoms. The van der Waals surface area contributed by atoms with Crippen LogP contribution in [0.25, 0.3) is 0 Å². The minimum atomic E-state index is -4.31. The highest BCUT2D eigenvalue weighted by atomic mass is 32.2. The summed E-state index contributed by atoms with van der Waals surface area (Å²) in [4.78, 5) is 22.2. The number of anilines is 2. The molecular weight excluding hydrogens is 336 g/mol. The molecule has 2 aromatic rings. The lowest BCUT2D eigenvalue weighted by Gasteiger charge is -2.06. The van der Waals surface area contributed by atoms with Crippen molar-refractivity contribution in [2.75, 3.05) is 10.6 Å². The summed E-state index contributed by atoms with van der Waals surface area (Å²) >= 11 is 0.696. The molecule has 0 spiro atoms. The van der Waals surface area contributed by atoms with Gasteiger partial charge in [-0.05, 0) is 24.3 Å². The zero-order valence-electron chi connectivity index (χ0n) is 10.5. The Kier molecular flexibility index (Phi) is 4.35. The van der Waals surface area contributed by atoms with E-state index < -0.39 is 22.1 Å². The number of nitrogens with zero attached hydrogens (tertiary/aromatic N) is 2. The fraction of sp³-hybridized carbons (Fsp3) is 0. The average molecular weight is 344 g/mol. The molecule has 4 N–H and O–H groups in total. The highest BCUT2D eigenvalue weighted by Crippen LogP contribution is 2.18. The summed E-state index contributed by atoms with van der Waals surface area (Å²) in [6, 6.07) is 3.95. The number of carboxylic acid groups (broad SMARTS) is 1. The fourth-order valence-electron chi connectivity index (χ4n) is 1.39. The minimum absolute atomic E-state index is 0.0421. The molecule has 0 aliphatic carbocycles. The van der Waals surface area contributed by atoms with E-state index in [1.807, 2.05) is 0 Å². The predicted octanol–water partition coefficient (Wildman–Crippen LogP) is 1.13. The normalized spacial score (nSPS) is 11.0. The number of nitrogens with one attached hydrogen (secondary N) is 2. The molecule has 12 heteroatoms. The minimum Gasteiger partial charge on any atom is -0.476 e. The van der Waals surface area contributed by atoms with Gasteiger partial charge in [0.15, 0.2) is 5.00 Å². The van der Waals surface area contributed by atoms with Crippen LogP contribution in [0.1, 0.15) is 10.5 Å². The second kappa shape index (κ2) is 6.05. The van der Waals surface area contributed by atoms with Crippen LogP contribution < -0.4 is 10.6 Å². The van der Waals surface area contributed by atoms with Gasteiger partial charge in [0.2, 0.25) is 5.69 Å². The number of carbonyl (C=O) groups is 2. The highest BCUT2D eigenvalue weighted by Gasteiger charge is 2.17. The second-order valence-electron chi connectivity index (χ2n) is 3.83. The van der Waals surface area contributed by atoms with E-state index in [4.69, 9.17) is 9.66 Å². The molecule has 2 amide bonds. The van der Waals surface area contributed by atoms with E-state index in [1.54, 1.807) is 0 Å². The topological polar surface area (TPSA) is 159 Å². The van der Waals surface area contributed by atoms with Crippen LogP contribution in [0.2, 0.25) is 0 Å². The van der Waals surface area contributed by atoms with Gasteiger partial charge in [-0.3, -0.25) is 9.87 Å². The first-order valence-corrected chi connectivity index (χ1v) is 7.70. The first kappa shape index (κ1) is 15.8. The molecule has 0 radical (unpaired) electrons. The summed E-state index contributed by atoms with van der Waals surface area (Å²) in [6.07, 6.45) is 0. The van der Waals surface area contributed by atoms with Gasteiger partial charge in [-0.1, -0.05) is 4.49 Å². The number of urea groups is 1. The molecule has 2 rings (SSSR count). The molecule has 0 saturated carbocycles. The number of hydrogen-bond donors (Lipinski definition) is 4. The molecule has 0 aliphatic heterocycles. The number of benzene rings is 1. The number of rotatable bonds is 4. The average Bonchev–Trinajstić information content (AvgIpc) is 2.86. The van der Waals surface area contributed by atoms with E-state index in [-0.39, 0.29) is 21.3 Å². The van der Waals surface area contributed by atoms with Crippen LogP contribution >= 0.6 is 11.5 Å². The summed E-state index contributed by atoms with van der Waals surface area (Å²) < 4.78 is 34.0. The van der Waals surface area contributed by atoms with Crippen molar-refractivity contribution in [3.8, 4) is 0 Å². The Balaban J connectivity index is 2.06. The second-order valence-corrected chi connectivity index (χ2v) is 6.01. The van der Waals surface area contributed by atoms with E-state index in [0.717, 1.165) is 12.1 Å². The Bertz CT molecular complexity index is 814. The van der Waals surface area contributed by atoms with Crippen molar-refractivity contribution in [3.05, 3.63) is 30.0 Å². The molecule has 0 fully saturated rings. The van der Waals surface area contributed by atoms with Gasteiger partial charge in [0.1, 0.15) is 0 Å². The van der Waals surface area contributed by atoms with Crippen molar-refractivity contribution >= 4 is 44.3 Å². The Hall–Kier alpha value is -2.57. The van der Waals surface area contributed by atoms with Gasteiger partial charge in [0, 0.05) is 17.2 Å². The monoisotopic (exact) mass is 344 g/mol. The van der Waals surface area contributed by atoms with E-state index >= 15 is 0 Å². The smallest absolute Gasteiger partial charge is 0.359 e. The van der Waals surface area contributed by atoms with Crippen molar-refractivity contribution in [2.45, 2.75) is 4.90 Å². The third-order valence-corrected chi connectivity index (χ3v) is 3.84. The van der Waals surface area contributed by atoms with Crippen molar-refractivity contribution in [2.24, 2.45) is 0 Å². The molecular formula is C10H8N4O6S2. The standard InChI is InChI=1S/C10H8N4O6S2/c15-9(16)7-8(21-14-13-7)12-10(17)11-5-1-3-6(4-2-5)22(18,19)20/h1-4H,(H,15,16)(H2,11,12,17)(H,18,19,20). The lowest BCUT2D eigenvalue weighted by molar-refractivity contribution is 0.0691. The van der Waals surface area contributed by atoms with Gasteiger partial charge in [0.05, 0.1) is 4.90 Å². The van der Waals surface area contributed by atoms with Crippen molar-refractivity contribution in [1.29, 1.82) is 0 Å². The predicted molar refractivity (Wildman–Crippen MR) is 75.8 cm³/mol. The highest BCUT2D eigenvalue weighted by molar-refractivity contribution is 7.85. The van der Waals surface area contributed by atoms with Crippen LogP contribution in [-0.4, -0.2) is 39.7 Å². The Morgan fingerprint density at radius 3 is 2.32 bits per heavy atom. The van der Waals surface area contributed by atoms with Gasteiger partial charge in [-0.15, -0.1) is 5.10 Å². The molecule has 0 bridgehead atoms. The van der Waals surface area contributed by atoms with Crippen LogP contribution in [-0.2, 0) is 10.1 Å². The van der Waals surface area contributed by atoms with Crippen molar-refractivity contribution in [3.63, 3.8) is 0 Å². The fourth-order valence-corrected chi connectivity index (χ4v) is 2.43. The third kappa shape index (κ3) is 3.75. The maximum absolute atomic E-state index is 11.7. The lowest BCUT2D eigenvalue weighted by Crippen LogP contribution is -2.20. The van der Waals surface area contributed by atoms with Crippen LogP contribution in [0.15, 0.2) is 29.2 Å². The molecule has 116 valence electrons. The van der Waals surface area contributed by atoms with Gasteiger partial charge in [-0.25, -0.2) is 9.59 Å². The van der Waals surface area contributed by atoms with Gasteiger partial charge >= 0.3 is 12.0 Å². The molecule has 0 aliphatic rings. The number of carbonyl (C=O) groups excluding carboxylic acids is 1. The Morgan fingerprint density at radius 1 is 1.14 bits per heavy atom. The summed E-state index contributed by atoms with van der Waals surface area (Å²) in [5, 5.41) is 16.7. The maximum atomic E-state index is 11.7. The van der Waals surface area contributed by atoms with Crippen LogP contribution in [0.5, 0.6) is 0 Å². The summed E-state index contributed by atoms with van der Waals surface area (Å²) in [7, 11) is -4.31. The van der Waals surface area contributed by atoms with Crippen LogP contribution in [0.3, 0.4) is 0 Å². The van der Waals surface area contributed by atoms with Crippen molar-refractivity contribution in [1.82, 2.24) is 9.59 Å². The first-order valence-electron chi connectivity index (χ1n) is 5.48. The molecule has 0 atom stereocenters. The van der Waals surface area contributed by atoms with E-state index in [2.05, 4.69) is 20.2 Å². The zero-order chi connectivity index (χ0) is 16.3. The number of amides is 2. The Morgan fingerprint density at radius 2 is 1.77 bits per heavy atom. The maximum Gasteiger partial charge on any atom is 0.359 e.